The number of nitrogens with two attached hydrogens (primary N) is 1. The Morgan fingerprint density at radius 3 is 2.50 bits per heavy atom. The zero-order valence-electron chi connectivity index (χ0n) is 11.7. The van der Waals surface area contributed by atoms with Crippen LogP contribution < -0.4 is 15.8 Å². The fourth-order valence-corrected chi connectivity index (χ4v) is 1.66. The van der Waals surface area contributed by atoms with Crippen LogP contribution in [0.5, 0.6) is 5.75 Å². The van der Waals surface area contributed by atoms with Gasteiger partial charge in [-0.1, -0.05) is 6.92 Å². The molecule has 0 aromatic heterocycles. The van der Waals surface area contributed by atoms with E-state index in [0.29, 0.717) is 25.1 Å². The molecule has 1 rings (SSSR count). The highest BCUT2D eigenvalue weighted by Gasteiger charge is 2.19. The number of nitrogens with one attached hydrogen (secondary N) is 1. The lowest BCUT2D eigenvalue weighted by Gasteiger charge is -2.16. The first-order valence-electron chi connectivity index (χ1n) is 6.62. The number of carbonyl (C=O) groups is 1. The number of hydrogen-bond donors (Lipinski definition) is 2. The van der Waals surface area contributed by atoms with Gasteiger partial charge in [0.05, 0.1) is 0 Å². The van der Waals surface area contributed by atoms with E-state index in [1.807, 2.05) is 6.92 Å². The summed E-state index contributed by atoms with van der Waals surface area (Å²) in [6.45, 7) is 4.14. The summed E-state index contributed by atoms with van der Waals surface area (Å²) in [6.07, 6.45) is 0.182. The Morgan fingerprint density at radius 1 is 1.40 bits per heavy atom. The van der Waals surface area contributed by atoms with Crippen LogP contribution in [0.15, 0.2) is 12.1 Å². The van der Waals surface area contributed by atoms with Gasteiger partial charge in [-0.05, 0) is 44.0 Å². The molecule has 0 aliphatic rings. The van der Waals surface area contributed by atoms with Crippen LogP contribution in [0.1, 0.15) is 25.8 Å². The van der Waals surface area contributed by atoms with E-state index in [1.165, 1.54) is 19.1 Å². The molecule has 4 nitrogen and oxygen atoms in total. The molecule has 0 fully saturated rings. The van der Waals surface area contributed by atoms with Crippen molar-refractivity contribution in [2.45, 2.75) is 32.8 Å². The standard InChI is InChI=1S/C14H20F2N2O2/c1-3-6-18-14(19)9(2)20-13-11(15)7-10(4-5-17)8-12(13)16/h7-9H,3-6,17H2,1-2H3,(H,18,19). The summed E-state index contributed by atoms with van der Waals surface area (Å²) in [5.41, 5.74) is 5.79. The number of amides is 1. The van der Waals surface area contributed by atoms with Crippen LogP contribution in [0, 0.1) is 11.6 Å². The fraction of sp³-hybridized carbons (Fsp3) is 0.500. The van der Waals surface area contributed by atoms with Gasteiger partial charge in [0.1, 0.15) is 0 Å². The third-order valence-corrected chi connectivity index (χ3v) is 2.70. The fourth-order valence-electron chi connectivity index (χ4n) is 1.66. The van der Waals surface area contributed by atoms with Gasteiger partial charge in [-0.25, -0.2) is 8.78 Å². The first kappa shape index (κ1) is 16.4. The van der Waals surface area contributed by atoms with E-state index in [4.69, 9.17) is 10.5 Å². The summed E-state index contributed by atoms with van der Waals surface area (Å²) in [6, 6.07) is 2.34. The predicted molar refractivity (Wildman–Crippen MR) is 72.5 cm³/mol. The van der Waals surface area contributed by atoms with Gasteiger partial charge in [0.15, 0.2) is 23.5 Å². The Bertz CT molecular complexity index is 443. The van der Waals surface area contributed by atoms with E-state index in [2.05, 4.69) is 5.32 Å². The van der Waals surface area contributed by atoms with E-state index in [1.54, 1.807) is 0 Å². The molecule has 0 aliphatic carbocycles. The SMILES string of the molecule is CCCNC(=O)C(C)Oc1c(F)cc(CCN)cc1F. The van der Waals surface area contributed by atoms with Crippen molar-refractivity contribution in [3.8, 4) is 5.75 Å². The van der Waals surface area contributed by atoms with Crippen LogP contribution >= 0.6 is 0 Å². The van der Waals surface area contributed by atoms with Crippen molar-refractivity contribution in [1.29, 1.82) is 0 Å². The highest BCUT2D eigenvalue weighted by atomic mass is 19.1. The molecule has 0 radical (unpaired) electrons. The van der Waals surface area contributed by atoms with Gasteiger partial charge in [-0.2, -0.15) is 0 Å². The van der Waals surface area contributed by atoms with Gasteiger partial charge in [0.2, 0.25) is 0 Å². The second-order valence-corrected chi connectivity index (χ2v) is 4.48. The Kier molecular flexibility index (Phi) is 6.38. The molecule has 0 bridgehead atoms. The number of benzene rings is 1. The lowest BCUT2D eigenvalue weighted by Crippen LogP contribution is -2.37. The molecule has 0 saturated carbocycles. The molecular weight excluding hydrogens is 266 g/mol. The van der Waals surface area contributed by atoms with Crippen molar-refractivity contribution >= 4 is 5.91 Å². The topological polar surface area (TPSA) is 64.3 Å². The molecule has 112 valence electrons. The van der Waals surface area contributed by atoms with Crippen molar-refractivity contribution in [3.63, 3.8) is 0 Å². The Morgan fingerprint density at radius 2 is 2.00 bits per heavy atom. The van der Waals surface area contributed by atoms with Crippen LogP contribution in [0.3, 0.4) is 0 Å². The molecule has 1 aromatic rings. The molecule has 20 heavy (non-hydrogen) atoms. The Hall–Kier alpha value is -1.69. The summed E-state index contributed by atoms with van der Waals surface area (Å²) >= 11 is 0. The van der Waals surface area contributed by atoms with Crippen molar-refractivity contribution in [1.82, 2.24) is 5.32 Å². The first-order chi connectivity index (χ1) is 9.49. The molecular formula is C14H20F2N2O2. The highest BCUT2D eigenvalue weighted by Crippen LogP contribution is 2.24. The van der Waals surface area contributed by atoms with Gasteiger partial charge in [-0.3, -0.25) is 4.79 Å². The molecule has 0 aliphatic heterocycles. The molecule has 1 aromatic carbocycles. The summed E-state index contributed by atoms with van der Waals surface area (Å²) in [5, 5.41) is 2.60. The van der Waals surface area contributed by atoms with Gasteiger partial charge < -0.3 is 15.8 Å². The highest BCUT2D eigenvalue weighted by molar-refractivity contribution is 5.80. The number of carbonyl (C=O) groups excluding carboxylic acids is 1. The third kappa shape index (κ3) is 4.45. The van der Waals surface area contributed by atoms with Gasteiger partial charge >= 0.3 is 0 Å². The van der Waals surface area contributed by atoms with Crippen LogP contribution in [0.2, 0.25) is 0 Å². The van der Waals surface area contributed by atoms with Crippen LogP contribution in [0.25, 0.3) is 0 Å². The maximum Gasteiger partial charge on any atom is 0.260 e. The second kappa shape index (κ2) is 7.79. The number of hydrogen-bond acceptors (Lipinski definition) is 3. The maximum atomic E-state index is 13.8. The van der Waals surface area contributed by atoms with E-state index in [-0.39, 0.29) is 0 Å². The van der Waals surface area contributed by atoms with Crippen LogP contribution in [-0.2, 0) is 11.2 Å². The monoisotopic (exact) mass is 286 g/mol. The average molecular weight is 286 g/mol. The molecule has 3 N–H and O–H groups in total. The molecule has 1 unspecified atom stereocenters. The van der Waals surface area contributed by atoms with Crippen molar-refractivity contribution in [2.75, 3.05) is 13.1 Å². The number of rotatable bonds is 7. The van der Waals surface area contributed by atoms with Gasteiger partial charge in [0.25, 0.3) is 5.91 Å². The van der Waals surface area contributed by atoms with E-state index in [0.717, 1.165) is 6.42 Å². The molecule has 0 heterocycles. The molecule has 1 atom stereocenters. The zero-order chi connectivity index (χ0) is 15.1. The second-order valence-electron chi connectivity index (χ2n) is 4.48. The Balaban J connectivity index is 2.79. The summed E-state index contributed by atoms with van der Waals surface area (Å²) in [7, 11) is 0. The normalized spacial score (nSPS) is 12.1. The average Bonchev–Trinajstić information content (AvgIpc) is 2.40. The molecule has 0 saturated heterocycles. The maximum absolute atomic E-state index is 13.8. The van der Waals surface area contributed by atoms with E-state index in [9.17, 15) is 13.6 Å². The quantitative estimate of drug-likeness (QED) is 0.802. The van der Waals surface area contributed by atoms with Gasteiger partial charge in [0, 0.05) is 6.54 Å². The third-order valence-electron chi connectivity index (χ3n) is 2.70. The number of ether oxygens (including phenoxy) is 1. The number of halogens is 2. The van der Waals surface area contributed by atoms with E-state index >= 15 is 0 Å². The van der Waals surface area contributed by atoms with Crippen molar-refractivity contribution in [3.05, 3.63) is 29.3 Å². The minimum atomic E-state index is -0.967. The largest absolute Gasteiger partial charge is 0.475 e. The molecule has 6 heteroatoms. The minimum absolute atomic E-state index is 0.301. The van der Waals surface area contributed by atoms with Crippen molar-refractivity contribution in [2.24, 2.45) is 5.73 Å². The lowest BCUT2D eigenvalue weighted by atomic mass is 10.1. The molecule has 0 spiro atoms. The van der Waals surface area contributed by atoms with Crippen LogP contribution in [-0.4, -0.2) is 25.1 Å². The summed E-state index contributed by atoms with van der Waals surface area (Å²) in [4.78, 5) is 11.6. The van der Waals surface area contributed by atoms with Gasteiger partial charge in [-0.15, -0.1) is 0 Å². The lowest BCUT2D eigenvalue weighted by molar-refractivity contribution is -0.127. The smallest absolute Gasteiger partial charge is 0.260 e. The Labute approximate surface area is 117 Å². The summed E-state index contributed by atoms with van der Waals surface area (Å²) < 4.78 is 32.6. The van der Waals surface area contributed by atoms with Crippen molar-refractivity contribution < 1.29 is 18.3 Å². The zero-order valence-corrected chi connectivity index (χ0v) is 11.7. The molecule has 1 amide bonds. The first-order valence-corrected chi connectivity index (χ1v) is 6.62. The van der Waals surface area contributed by atoms with E-state index < -0.39 is 29.4 Å². The minimum Gasteiger partial charge on any atom is -0.475 e. The summed E-state index contributed by atoms with van der Waals surface area (Å²) in [5.74, 6) is -2.60. The predicted octanol–water partition coefficient (Wildman–Crippen LogP) is 1.76. The van der Waals surface area contributed by atoms with Crippen LogP contribution in [0.4, 0.5) is 8.78 Å².